The Morgan fingerprint density at radius 1 is 1.57 bits per heavy atom. The third-order valence-electron chi connectivity index (χ3n) is 2.27. The van der Waals surface area contributed by atoms with Gasteiger partial charge < -0.3 is 9.52 Å². The summed E-state index contributed by atoms with van der Waals surface area (Å²) in [6.45, 7) is 0.781. The van der Waals surface area contributed by atoms with E-state index in [-0.39, 0.29) is 17.6 Å². The van der Waals surface area contributed by atoms with Crippen LogP contribution in [-0.4, -0.2) is 37.5 Å². The number of aliphatic hydroxyl groups excluding tert-OH is 1. The summed E-state index contributed by atoms with van der Waals surface area (Å²) in [6, 6.07) is 2.96. The van der Waals surface area contributed by atoms with Gasteiger partial charge in [-0.15, -0.1) is 0 Å². The van der Waals surface area contributed by atoms with Crippen molar-refractivity contribution in [3.63, 3.8) is 0 Å². The van der Waals surface area contributed by atoms with Crippen molar-refractivity contribution in [1.29, 1.82) is 0 Å². The molecule has 0 atom stereocenters. The molecule has 1 aromatic rings. The van der Waals surface area contributed by atoms with Crippen LogP contribution in [0.5, 0.6) is 0 Å². The number of hydrogen-bond acceptors (Lipinski definition) is 4. The molecule has 5 nitrogen and oxygen atoms in total. The molecular formula is C8H11NO4S. The highest BCUT2D eigenvalue weighted by atomic mass is 32.2. The summed E-state index contributed by atoms with van der Waals surface area (Å²) in [5.41, 5.74) is 0. The van der Waals surface area contributed by atoms with Gasteiger partial charge in [0.05, 0.1) is 6.26 Å². The summed E-state index contributed by atoms with van der Waals surface area (Å²) < 4.78 is 29.5. The van der Waals surface area contributed by atoms with E-state index in [0.29, 0.717) is 13.1 Å². The number of sulfonamides is 1. The maximum absolute atomic E-state index is 11.7. The van der Waals surface area contributed by atoms with Gasteiger partial charge in [0.1, 0.15) is 0 Å². The van der Waals surface area contributed by atoms with Crippen molar-refractivity contribution in [3.8, 4) is 0 Å². The zero-order valence-electron chi connectivity index (χ0n) is 7.46. The molecule has 0 radical (unpaired) electrons. The van der Waals surface area contributed by atoms with Crippen LogP contribution in [0.1, 0.15) is 0 Å². The number of rotatable bonds is 3. The Kier molecular flexibility index (Phi) is 2.34. The molecule has 2 rings (SSSR count). The Morgan fingerprint density at radius 3 is 2.79 bits per heavy atom. The molecule has 1 aliphatic rings. The van der Waals surface area contributed by atoms with E-state index in [1.807, 2.05) is 0 Å². The first-order chi connectivity index (χ1) is 6.64. The van der Waals surface area contributed by atoms with Crippen molar-refractivity contribution in [3.05, 3.63) is 18.4 Å². The summed E-state index contributed by atoms with van der Waals surface area (Å²) in [5.74, 6) is 0.0692. The SMILES string of the molecule is O=S(=O)(c1ccco1)N1CC(CO)C1. The fourth-order valence-electron chi connectivity index (χ4n) is 1.37. The van der Waals surface area contributed by atoms with Crippen LogP contribution >= 0.6 is 0 Å². The highest BCUT2D eigenvalue weighted by molar-refractivity contribution is 7.89. The number of nitrogens with zero attached hydrogens (tertiary/aromatic N) is 1. The molecule has 0 saturated carbocycles. The van der Waals surface area contributed by atoms with E-state index in [9.17, 15) is 8.42 Å². The normalized spacial score (nSPS) is 19.5. The molecule has 14 heavy (non-hydrogen) atoms. The van der Waals surface area contributed by atoms with Gasteiger partial charge in [0.15, 0.2) is 0 Å². The van der Waals surface area contributed by atoms with Crippen LogP contribution in [0.2, 0.25) is 0 Å². The van der Waals surface area contributed by atoms with Gasteiger partial charge in [-0.2, -0.15) is 4.31 Å². The summed E-state index contributed by atoms with van der Waals surface area (Å²) in [6.07, 6.45) is 1.33. The van der Waals surface area contributed by atoms with E-state index >= 15 is 0 Å². The summed E-state index contributed by atoms with van der Waals surface area (Å²) in [4.78, 5) is 0. The average molecular weight is 217 g/mol. The van der Waals surface area contributed by atoms with Crippen molar-refractivity contribution in [2.24, 2.45) is 5.92 Å². The molecule has 0 aliphatic carbocycles. The van der Waals surface area contributed by atoms with E-state index in [2.05, 4.69) is 0 Å². The lowest BCUT2D eigenvalue weighted by molar-refractivity contribution is 0.116. The Morgan fingerprint density at radius 2 is 2.29 bits per heavy atom. The largest absolute Gasteiger partial charge is 0.452 e. The molecule has 78 valence electrons. The minimum Gasteiger partial charge on any atom is -0.452 e. The summed E-state index contributed by atoms with van der Waals surface area (Å²) >= 11 is 0. The molecule has 1 saturated heterocycles. The maximum Gasteiger partial charge on any atom is 0.276 e. The molecule has 0 amide bonds. The van der Waals surface area contributed by atoms with Crippen molar-refractivity contribution < 1.29 is 17.9 Å². The second-order valence-electron chi connectivity index (χ2n) is 3.30. The Balaban J connectivity index is 2.12. The van der Waals surface area contributed by atoms with Gasteiger partial charge in [-0.3, -0.25) is 0 Å². The number of aliphatic hydroxyl groups is 1. The van der Waals surface area contributed by atoms with Gasteiger partial charge in [-0.25, -0.2) is 8.42 Å². The zero-order valence-corrected chi connectivity index (χ0v) is 8.27. The molecule has 0 bridgehead atoms. The van der Waals surface area contributed by atoms with Gasteiger partial charge in [0.2, 0.25) is 5.09 Å². The summed E-state index contributed by atoms with van der Waals surface area (Å²) in [5, 5.41) is 8.72. The van der Waals surface area contributed by atoms with Crippen molar-refractivity contribution in [1.82, 2.24) is 4.31 Å². The van der Waals surface area contributed by atoms with Gasteiger partial charge in [0, 0.05) is 25.6 Å². The van der Waals surface area contributed by atoms with Crippen LogP contribution in [0.4, 0.5) is 0 Å². The highest BCUT2D eigenvalue weighted by Gasteiger charge is 2.37. The molecule has 2 heterocycles. The fourth-order valence-corrected chi connectivity index (χ4v) is 2.87. The second-order valence-corrected chi connectivity index (χ2v) is 5.17. The molecule has 1 aliphatic heterocycles. The van der Waals surface area contributed by atoms with Gasteiger partial charge in [0.25, 0.3) is 10.0 Å². The van der Waals surface area contributed by atoms with Crippen molar-refractivity contribution >= 4 is 10.0 Å². The van der Waals surface area contributed by atoms with E-state index in [1.165, 1.54) is 22.7 Å². The number of furan rings is 1. The molecule has 1 N–H and O–H groups in total. The van der Waals surface area contributed by atoms with Crippen LogP contribution in [0.15, 0.2) is 27.9 Å². The third kappa shape index (κ3) is 1.45. The molecule has 0 aromatic carbocycles. The third-order valence-corrected chi connectivity index (χ3v) is 3.99. The lowest BCUT2D eigenvalue weighted by Gasteiger charge is -2.36. The first-order valence-corrected chi connectivity index (χ1v) is 5.73. The monoisotopic (exact) mass is 217 g/mol. The van der Waals surface area contributed by atoms with E-state index in [0.717, 1.165) is 0 Å². The number of hydrogen-bond donors (Lipinski definition) is 1. The van der Waals surface area contributed by atoms with Gasteiger partial charge in [-0.1, -0.05) is 0 Å². The van der Waals surface area contributed by atoms with Crippen LogP contribution in [0.3, 0.4) is 0 Å². The molecule has 1 fully saturated rings. The van der Waals surface area contributed by atoms with Crippen LogP contribution in [0.25, 0.3) is 0 Å². The van der Waals surface area contributed by atoms with Gasteiger partial charge in [-0.05, 0) is 12.1 Å². The molecular weight excluding hydrogens is 206 g/mol. The lowest BCUT2D eigenvalue weighted by Crippen LogP contribution is -2.51. The quantitative estimate of drug-likeness (QED) is 0.767. The second kappa shape index (κ2) is 3.38. The highest BCUT2D eigenvalue weighted by Crippen LogP contribution is 2.24. The van der Waals surface area contributed by atoms with E-state index < -0.39 is 10.0 Å². The minimum absolute atomic E-state index is 0.0319. The van der Waals surface area contributed by atoms with Crippen LogP contribution in [0, 0.1) is 5.92 Å². The molecule has 0 spiro atoms. The van der Waals surface area contributed by atoms with Crippen LogP contribution in [-0.2, 0) is 10.0 Å². The topological polar surface area (TPSA) is 70.8 Å². The minimum atomic E-state index is -3.45. The molecule has 0 unspecified atom stereocenters. The van der Waals surface area contributed by atoms with Crippen molar-refractivity contribution in [2.45, 2.75) is 5.09 Å². The Bertz CT molecular complexity index is 391. The lowest BCUT2D eigenvalue weighted by atomic mass is 10.1. The van der Waals surface area contributed by atoms with E-state index in [1.54, 1.807) is 0 Å². The Labute approximate surface area is 82.0 Å². The van der Waals surface area contributed by atoms with Crippen molar-refractivity contribution in [2.75, 3.05) is 19.7 Å². The fraction of sp³-hybridized carbons (Fsp3) is 0.500. The zero-order chi connectivity index (χ0) is 10.2. The Hall–Kier alpha value is -0.850. The molecule has 6 heteroatoms. The predicted octanol–water partition coefficient (Wildman–Crippen LogP) is -0.108. The predicted molar refractivity (Wildman–Crippen MR) is 48.0 cm³/mol. The molecule has 1 aromatic heterocycles. The van der Waals surface area contributed by atoms with E-state index in [4.69, 9.17) is 9.52 Å². The average Bonchev–Trinajstić information content (AvgIpc) is 2.53. The smallest absolute Gasteiger partial charge is 0.276 e. The van der Waals surface area contributed by atoms with Gasteiger partial charge >= 0.3 is 0 Å². The van der Waals surface area contributed by atoms with Crippen LogP contribution < -0.4 is 0 Å². The summed E-state index contributed by atoms with van der Waals surface area (Å²) in [7, 11) is -3.45. The maximum atomic E-state index is 11.7. The first kappa shape index (κ1) is 9.70. The first-order valence-electron chi connectivity index (χ1n) is 4.29. The standard InChI is InChI=1S/C8H11NO4S/c10-6-7-4-9(5-7)14(11,12)8-2-1-3-13-8/h1-3,7,10H,4-6H2.